The molecule has 6 nitrogen and oxygen atoms in total. The molecule has 1 N–H and O–H groups in total. The highest BCUT2D eigenvalue weighted by Crippen LogP contribution is 2.24. The number of nitro benzene ring substituents is 1. The SMILES string of the molecule is Cc1cc(N(C)C(C)C(=O)O)ccc1[N+](=O)[O-]. The molecule has 0 saturated heterocycles. The molecule has 0 fully saturated rings. The minimum Gasteiger partial charge on any atom is -0.480 e. The lowest BCUT2D eigenvalue weighted by Crippen LogP contribution is -2.35. The summed E-state index contributed by atoms with van der Waals surface area (Å²) in [7, 11) is 1.64. The second-order valence-corrected chi connectivity index (χ2v) is 3.85. The molecule has 1 aromatic rings. The molecule has 0 aliphatic rings. The standard InChI is InChI=1S/C11H14N2O4/c1-7-6-9(4-5-10(7)13(16)17)12(3)8(2)11(14)15/h4-6,8H,1-3H3,(H,14,15). The Kier molecular flexibility index (Phi) is 3.67. The molecule has 92 valence electrons. The normalized spacial score (nSPS) is 11.9. The van der Waals surface area contributed by atoms with E-state index < -0.39 is 16.9 Å². The number of nitrogens with zero attached hydrogens (tertiary/aromatic N) is 2. The highest BCUT2D eigenvalue weighted by atomic mass is 16.6. The fourth-order valence-electron chi connectivity index (χ4n) is 1.45. The third-order valence-electron chi connectivity index (χ3n) is 2.72. The van der Waals surface area contributed by atoms with E-state index in [0.29, 0.717) is 11.3 Å². The van der Waals surface area contributed by atoms with Crippen molar-refractivity contribution in [2.24, 2.45) is 0 Å². The zero-order chi connectivity index (χ0) is 13.2. The van der Waals surface area contributed by atoms with Crippen molar-refractivity contribution in [3.8, 4) is 0 Å². The molecule has 0 radical (unpaired) electrons. The van der Waals surface area contributed by atoms with Gasteiger partial charge in [-0.2, -0.15) is 0 Å². The van der Waals surface area contributed by atoms with Gasteiger partial charge in [0.2, 0.25) is 0 Å². The van der Waals surface area contributed by atoms with Crippen molar-refractivity contribution in [1.29, 1.82) is 0 Å². The highest BCUT2D eigenvalue weighted by molar-refractivity contribution is 5.77. The Bertz CT molecular complexity index is 459. The lowest BCUT2D eigenvalue weighted by atomic mass is 10.1. The number of hydrogen-bond acceptors (Lipinski definition) is 4. The molecule has 0 aliphatic heterocycles. The maximum Gasteiger partial charge on any atom is 0.326 e. The summed E-state index contributed by atoms with van der Waals surface area (Å²) >= 11 is 0. The molecule has 6 heteroatoms. The first-order chi connectivity index (χ1) is 7.84. The number of carboxylic acids is 1. The fourth-order valence-corrected chi connectivity index (χ4v) is 1.45. The van der Waals surface area contributed by atoms with Gasteiger partial charge in [-0.15, -0.1) is 0 Å². The van der Waals surface area contributed by atoms with E-state index in [0.717, 1.165) is 0 Å². The zero-order valence-electron chi connectivity index (χ0n) is 9.88. The summed E-state index contributed by atoms with van der Waals surface area (Å²) in [6.45, 7) is 3.18. The number of aliphatic carboxylic acids is 1. The number of carboxylic acid groups (broad SMARTS) is 1. The van der Waals surface area contributed by atoms with Gasteiger partial charge < -0.3 is 10.0 Å². The minimum absolute atomic E-state index is 0.0325. The molecular weight excluding hydrogens is 224 g/mol. The zero-order valence-corrected chi connectivity index (χ0v) is 9.88. The van der Waals surface area contributed by atoms with Crippen LogP contribution in [0.1, 0.15) is 12.5 Å². The lowest BCUT2D eigenvalue weighted by molar-refractivity contribution is -0.385. The first-order valence-corrected chi connectivity index (χ1v) is 5.05. The van der Waals surface area contributed by atoms with E-state index in [1.807, 2.05) is 0 Å². The number of carbonyl (C=O) groups is 1. The van der Waals surface area contributed by atoms with Crippen molar-refractivity contribution in [2.45, 2.75) is 19.9 Å². The van der Waals surface area contributed by atoms with Crippen molar-refractivity contribution >= 4 is 17.3 Å². The molecule has 1 rings (SSSR count). The van der Waals surface area contributed by atoms with Crippen LogP contribution in [-0.4, -0.2) is 29.1 Å². The maximum absolute atomic E-state index is 10.8. The van der Waals surface area contributed by atoms with E-state index in [9.17, 15) is 14.9 Å². The summed E-state index contributed by atoms with van der Waals surface area (Å²) in [4.78, 5) is 22.6. The van der Waals surface area contributed by atoms with Crippen LogP contribution in [0.2, 0.25) is 0 Å². The van der Waals surface area contributed by atoms with E-state index in [-0.39, 0.29) is 5.69 Å². The minimum atomic E-state index is -0.941. The summed E-state index contributed by atoms with van der Waals surface area (Å²) in [6, 6.07) is 3.86. The van der Waals surface area contributed by atoms with Gasteiger partial charge in [0, 0.05) is 24.4 Å². The quantitative estimate of drug-likeness (QED) is 0.638. The van der Waals surface area contributed by atoms with Gasteiger partial charge in [0.25, 0.3) is 5.69 Å². The molecular formula is C11H14N2O4. The van der Waals surface area contributed by atoms with Crippen LogP contribution in [0.15, 0.2) is 18.2 Å². The molecule has 0 saturated carbocycles. The van der Waals surface area contributed by atoms with Crippen LogP contribution < -0.4 is 4.90 Å². The predicted molar refractivity (Wildman–Crippen MR) is 63.3 cm³/mol. The Morgan fingerprint density at radius 1 is 1.53 bits per heavy atom. The number of benzene rings is 1. The summed E-state index contributed by atoms with van der Waals surface area (Å²) < 4.78 is 0. The van der Waals surface area contributed by atoms with Gasteiger partial charge in [0.05, 0.1) is 4.92 Å². The van der Waals surface area contributed by atoms with E-state index in [1.165, 1.54) is 6.07 Å². The van der Waals surface area contributed by atoms with Gasteiger partial charge in [-0.3, -0.25) is 10.1 Å². The maximum atomic E-state index is 10.8. The highest BCUT2D eigenvalue weighted by Gasteiger charge is 2.19. The molecule has 0 spiro atoms. The van der Waals surface area contributed by atoms with Crippen LogP contribution in [0.3, 0.4) is 0 Å². The molecule has 0 aromatic heterocycles. The second kappa shape index (κ2) is 4.82. The van der Waals surface area contributed by atoms with Crippen molar-refractivity contribution in [2.75, 3.05) is 11.9 Å². The number of hydrogen-bond donors (Lipinski definition) is 1. The van der Waals surface area contributed by atoms with Crippen LogP contribution in [0.4, 0.5) is 11.4 Å². The third kappa shape index (κ3) is 2.72. The number of rotatable bonds is 4. The second-order valence-electron chi connectivity index (χ2n) is 3.85. The lowest BCUT2D eigenvalue weighted by Gasteiger charge is -2.23. The fraction of sp³-hybridized carbons (Fsp3) is 0.364. The molecule has 1 aromatic carbocycles. The van der Waals surface area contributed by atoms with Crippen molar-refractivity contribution in [3.05, 3.63) is 33.9 Å². The Balaban J connectivity index is 3.05. The van der Waals surface area contributed by atoms with Crippen LogP contribution in [0.5, 0.6) is 0 Å². The number of nitro groups is 1. The molecule has 0 aliphatic carbocycles. The van der Waals surface area contributed by atoms with Crippen LogP contribution in [0, 0.1) is 17.0 Å². The van der Waals surface area contributed by atoms with E-state index in [4.69, 9.17) is 5.11 Å². The van der Waals surface area contributed by atoms with Gasteiger partial charge in [-0.25, -0.2) is 4.79 Å². The van der Waals surface area contributed by atoms with Gasteiger partial charge in [0.1, 0.15) is 6.04 Å². The van der Waals surface area contributed by atoms with Crippen LogP contribution in [0.25, 0.3) is 0 Å². The number of anilines is 1. The van der Waals surface area contributed by atoms with E-state index in [2.05, 4.69) is 0 Å². The van der Waals surface area contributed by atoms with E-state index in [1.54, 1.807) is 37.9 Å². The van der Waals surface area contributed by atoms with Crippen molar-refractivity contribution in [3.63, 3.8) is 0 Å². The molecule has 1 atom stereocenters. The monoisotopic (exact) mass is 238 g/mol. The van der Waals surface area contributed by atoms with Crippen LogP contribution in [-0.2, 0) is 4.79 Å². The van der Waals surface area contributed by atoms with Gasteiger partial charge in [-0.05, 0) is 26.0 Å². The smallest absolute Gasteiger partial charge is 0.326 e. The predicted octanol–water partition coefficient (Wildman–Crippen LogP) is 1.81. The van der Waals surface area contributed by atoms with Crippen LogP contribution >= 0.6 is 0 Å². The van der Waals surface area contributed by atoms with E-state index >= 15 is 0 Å². The van der Waals surface area contributed by atoms with Gasteiger partial charge >= 0.3 is 5.97 Å². The summed E-state index contributed by atoms with van der Waals surface area (Å²) in [6.07, 6.45) is 0. The van der Waals surface area contributed by atoms with Gasteiger partial charge in [0.15, 0.2) is 0 Å². The third-order valence-corrected chi connectivity index (χ3v) is 2.72. The average Bonchev–Trinajstić information content (AvgIpc) is 2.26. The molecule has 1 unspecified atom stereocenters. The van der Waals surface area contributed by atoms with Crippen molar-refractivity contribution in [1.82, 2.24) is 0 Å². The van der Waals surface area contributed by atoms with Crippen molar-refractivity contribution < 1.29 is 14.8 Å². The first kappa shape index (κ1) is 13.0. The topological polar surface area (TPSA) is 83.7 Å². The Hall–Kier alpha value is -2.11. The summed E-state index contributed by atoms with van der Waals surface area (Å²) in [5, 5.41) is 19.5. The Labute approximate surface area is 98.6 Å². The first-order valence-electron chi connectivity index (χ1n) is 5.05. The molecule has 0 amide bonds. The molecule has 17 heavy (non-hydrogen) atoms. The molecule has 0 bridgehead atoms. The Morgan fingerprint density at radius 2 is 2.12 bits per heavy atom. The molecule has 0 heterocycles. The number of likely N-dealkylation sites (N-methyl/N-ethyl adjacent to an activating group) is 1. The average molecular weight is 238 g/mol. The summed E-state index contributed by atoms with van der Waals surface area (Å²) in [5.41, 5.74) is 1.19. The van der Waals surface area contributed by atoms with Gasteiger partial charge in [-0.1, -0.05) is 0 Å². The number of aryl methyl sites for hydroxylation is 1. The Morgan fingerprint density at radius 3 is 2.53 bits per heavy atom. The largest absolute Gasteiger partial charge is 0.480 e. The summed E-state index contributed by atoms with van der Waals surface area (Å²) in [5.74, 6) is -0.941.